The van der Waals surface area contributed by atoms with Crippen LogP contribution in [0.1, 0.15) is 11.5 Å². The smallest absolute Gasteiger partial charge is 0.329 e. The maximum atomic E-state index is 13.4. The van der Waals surface area contributed by atoms with Gasteiger partial charge in [0.1, 0.15) is 5.82 Å². The van der Waals surface area contributed by atoms with Crippen molar-refractivity contribution >= 4 is 0 Å². The lowest BCUT2D eigenvalue weighted by Gasteiger charge is -2.01. The van der Waals surface area contributed by atoms with Crippen molar-refractivity contribution in [3.63, 3.8) is 0 Å². The molecule has 0 fully saturated rings. The molecular formula is C17H9F4N3O2. The van der Waals surface area contributed by atoms with Crippen LogP contribution in [0.5, 0.6) is 0 Å². The first kappa shape index (κ1) is 17.4. The molecule has 0 saturated carbocycles. The predicted octanol–water partition coefficient (Wildman–Crippen LogP) is 3.11. The van der Waals surface area contributed by atoms with Gasteiger partial charge in [-0.3, -0.25) is 4.79 Å². The van der Waals surface area contributed by atoms with Crippen LogP contribution in [0.15, 0.2) is 51.9 Å². The lowest BCUT2D eigenvalue weighted by atomic mass is 10.2. The van der Waals surface area contributed by atoms with E-state index in [1.54, 1.807) is 6.07 Å². The molecule has 0 saturated heterocycles. The van der Waals surface area contributed by atoms with Crippen molar-refractivity contribution in [3.8, 4) is 23.2 Å². The van der Waals surface area contributed by atoms with Gasteiger partial charge in [-0.25, -0.2) is 4.39 Å². The van der Waals surface area contributed by atoms with Crippen molar-refractivity contribution < 1.29 is 22.1 Å². The highest BCUT2D eigenvalue weighted by molar-refractivity contribution is 5.52. The minimum Gasteiger partial charge on any atom is -0.329 e. The minimum absolute atomic E-state index is 0.0203. The number of halogens is 4. The molecule has 0 N–H and O–H groups in total. The number of rotatable bonds is 2. The SMILES string of the molecule is O=c1cc(-c2noc(C(F)(F)F)n2)ccn1CC#Cc1ccccc1F. The van der Waals surface area contributed by atoms with Gasteiger partial charge in [-0.15, -0.1) is 0 Å². The molecule has 2 heterocycles. The van der Waals surface area contributed by atoms with E-state index >= 15 is 0 Å². The van der Waals surface area contributed by atoms with Crippen LogP contribution in [0.4, 0.5) is 17.6 Å². The van der Waals surface area contributed by atoms with Crippen molar-refractivity contribution in [2.24, 2.45) is 0 Å². The standard InChI is InChI=1S/C17H9F4N3O2/c18-13-6-2-1-4-11(13)5-3-8-24-9-7-12(10-14(24)25)15-22-16(26-23-15)17(19,20)21/h1-2,4,6-7,9-10H,8H2. The van der Waals surface area contributed by atoms with E-state index < -0.39 is 23.4 Å². The average molecular weight is 363 g/mol. The maximum absolute atomic E-state index is 13.4. The second-order valence-corrected chi connectivity index (χ2v) is 5.08. The second-order valence-electron chi connectivity index (χ2n) is 5.08. The van der Waals surface area contributed by atoms with E-state index in [-0.39, 0.29) is 23.5 Å². The summed E-state index contributed by atoms with van der Waals surface area (Å²) in [5.74, 6) is 2.95. The summed E-state index contributed by atoms with van der Waals surface area (Å²) in [6.45, 7) is -0.0203. The molecule has 9 heteroatoms. The lowest BCUT2D eigenvalue weighted by Crippen LogP contribution is -2.18. The van der Waals surface area contributed by atoms with E-state index in [4.69, 9.17) is 0 Å². The maximum Gasteiger partial charge on any atom is 0.471 e. The normalized spacial score (nSPS) is 11.1. The van der Waals surface area contributed by atoms with Gasteiger partial charge in [0.05, 0.1) is 12.1 Å². The van der Waals surface area contributed by atoms with Gasteiger partial charge >= 0.3 is 12.1 Å². The number of hydrogen-bond donors (Lipinski definition) is 0. The Labute approximate surface area is 143 Å². The highest BCUT2D eigenvalue weighted by Gasteiger charge is 2.38. The third kappa shape index (κ3) is 3.80. The topological polar surface area (TPSA) is 60.9 Å². The molecule has 0 aliphatic heterocycles. The zero-order chi connectivity index (χ0) is 18.7. The number of benzene rings is 1. The molecule has 0 radical (unpaired) electrons. The Hall–Kier alpha value is -3.41. The number of nitrogens with zero attached hydrogens (tertiary/aromatic N) is 3. The highest BCUT2D eigenvalue weighted by Crippen LogP contribution is 2.28. The van der Waals surface area contributed by atoms with Crippen LogP contribution in [0.25, 0.3) is 11.4 Å². The Morgan fingerprint density at radius 1 is 1.19 bits per heavy atom. The van der Waals surface area contributed by atoms with Crippen LogP contribution in [-0.2, 0) is 12.7 Å². The zero-order valence-electron chi connectivity index (χ0n) is 12.9. The van der Waals surface area contributed by atoms with Crippen molar-refractivity contribution in [2.75, 3.05) is 0 Å². The van der Waals surface area contributed by atoms with E-state index in [0.29, 0.717) is 0 Å². The molecule has 132 valence electrons. The molecule has 3 aromatic rings. The van der Waals surface area contributed by atoms with E-state index in [1.807, 2.05) is 0 Å². The van der Waals surface area contributed by atoms with Crippen LogP contribution in [0.3, 0.4) is 0 Å². The molecular weight excluding hydrogens is 354 g/mol. The van der Waals surface area contributed by atoms with Crippen molar-refractivity contribution in [3.05, 3.63) is 70.2 Å². The average Bonchev–Trinajstić information content (AvgIpc) is 3.08. The summed E-state index contributed by atoms with van der Waals surface area (Å²) in [5.41, 5.74) is -0.250. The second kappa shape index (κ2) is 6.84. The van der Waals surface area contributed by atoms with Gasteiger partial charge in [-0.1, -0.05) is 29.1 Å². The summed E-state index contributed by atoms with van der Waals surface area (Å²) < 4.78 is 56.2. The molecule has 3 rings (SSSR count). The van der Waals surface area contributed by atoms with E-state index in [0.717, 1.165) is 6.07 Å². The Morgan fingerprint density at radius 3 is 2.62 bits per heavy atom. The van der Waals surface area contributed by atoms with Gasteiger partial charge in [0.2, 0.25) is 5.82 Å². The molecule has 0 aliphatic rings. The van der Waals surface area contributed by atoms with E-state index in [9.17, 15) is 22.4 Å². The molecule has 0 aliphatic carbocycles. The largest absolute Gasteiger partial charge is 0.471 e. The Kier molecular flexibility index (Phi) is 4.58. The molecule has 0 atom stereocenters. The van der Waals surface area contributed by atoms with E-state index in [1.165, 1.54) is 35.0 Å². The first-order valence-electron chi connectivity index (χ1n) is 7.20. The fourth-order valence-corrected chi connectivity index (χ4v) is 2.02. The summed E-state index contributed by atoms with van der Waals surface area (Å²) in [6, 6.07) is 8.36. The fraction of sp³-hybridized carbons (Fsp3) is 0.118. The third-order valence-corrected chi connectivity index (χ3v) is 3.27. The van der Waals surface area contributed by atoms with Crippen molar-refractivity contribution in [1.29, 1.82) is 0 Å². The highest BCUT2D eigenvalue weighted by atomic mass is 19.4. The van der Waals surface area contributed by atoms with Gasteiger partial charge < -0.3 is 9.09 Å². The van der Waals surface area contributed by atoms with Crippen LogP contribution >= 0.6 is 0 Å². The number of alkyl halides is 3. The summed E-state index contributed by atoms with van der Waals surface area (Å²) in [5, 5.41) is 3.21. The monoisotopic (exact) mass is 363 g/mol. The molecule has 1 aromatic carbocycles. The Balaban J connectivity index is 1.80. The Bertz CT molecular complexity index is 1060. The predicted molar refractivity (Wildman–Crippen MR) is 82.3 cm³/mol. The molecule has 2 aromatic heterocycles. The van der Waals surface area contributed by atoms with Gasteiger partial charge in [-0.2, -0.15) is 18.2 Å². The van der Waals surface area contributed by atoms with Crippen molar-refractivity contribution in [2.45, 2.75) is 12.7 Å². The minimum atomic E-state index is -4.76. The first-order chi connectivity index (χ1) is 12.3. The number of hydrogen-bond acceptors (Lipinski definition) is 4. The van der Waals surface area contributed by atoms with Crippen LogP contribution in [0.2, 0.25) is 0 Å². The zero-order valence-corrected chi connectivity index (χ0v) is 12.9. The van der Waals surface area contributed by atoms with Gasteiger partial charge in [0, 0.05) is 17.8 Å². The van der Waals surface area contributed by atoms with Crippen LogP contribution in [0, 0.1) is 17.7 Å². The molecule has 0 spiro atoms. The fourth-order valence-electron chi connectivity index (χ4n) is 2.02. The van der Waals surface area contributed by atoms with Crippen LogP contribution in [-0.4, -0.2) is 14.7 Å². The lowest BCUT2D eigenvalue weighted by molar-refractivity contribution is -0.159. The number of pyridine rings is 1. The van der Waals surface area contributed by atoms with E-state index in [2.05, 4.69) is 26.5 Å². The van der Waals surface area contributed by atoms with Crippen LogP contribution < -0.4 is 5.56 Å². The van der Waals surface area contributed by atoms with Gasteiger partial charge in [0.25, 0.3) is 5.56 Å². The summed E-state index contributed by atoms with van der Waals surface area (Å²) in [4.78, 5) is 15.3. The summed E-state index contributed by atoms with van der Waals surface area (Å²) in [6.07, 6.45) is -3.43. The quantitative estimate of drug-likeness (QED) is 0.519. The van der Waals surface area contributed by atoms with Gasteiger partial charge in [-0.05, 0) is 18.2 Å². The Morgan fingerprint density at radius 2 is 1.96 bits per heavy atom. The molecule has 0 bridgehead atoms. The molecule has 0 unspecified atom stereocenters. The van der Waals surface area contributed by atoms with Crippen molar-refractivity contribution in [1.82, 2.24) is 14.7 Å². The first-order valence-corrected chi connectivity index (χ1v) is 7.20. The summed E-state index contributed by atoms with van der Waals surface area (Å²) in [7, 11) is 0. The third-order valence-electron chi connectivity index (χ3n) is 3.27. The van der Waals surface area contributed by atoms with Gasteiger partial charge in [0.15, 0.2) is 0 Å². The molecule has 5 nitrogen and oxygen atoms in total. The summed E-state index contributed by atoms with van der Waals surface area (Å²) >= 11 is 0. The molecule has 26 heavy (non-hydrogen) atoms. The molecule has 0 amide bonds. The number of aromatic nitrogens is 3.